The highest BCUT2D eigenvalue weighted by atomic mass is 16.5. The highest BCUT2D eigenvalue weighted by Crippen LogP contribution is 2.29. The number of aryl methyl sites for hydroxylation is 2. The van der Waals surface area contributed by atoms with Gasteiger partial charge in [-0.15, -0.1) is 0 Å². The summed E-state index contributed by atoms with van der Waals surface area (Å²) < 4.78 is 7.67. The van der Waals surface area contributed by atoms with Crippen molar-refractivity contribution >= 4 is 11.0 Å². The fourth-order valence-electron chi connectivity index (χ4n) is 2.69. The summed E-state index contributed by atoms with van der Waals surface area (Å²) in [6.07, 6.45) is 2.19. The predicted molar refractivity (Wildman–Crippen MR) is 68.2 cm³/mol. The maximum absolute atomic E-state index is 5.42. The van der Waals surface area contributed by atoms with E-state index in [1.165, 1.54) is 16.9 Å². The Hall–Kier alpha value is -1.35. The van der Waals surface area contributed by atoms with Gasteiger partial charge in [-0.2, -0.15) is 0 Å². The van der Waals surface area contributed by atoms with Crippen LogP contribution in [0.15, 0.2) is 18.2 Å². The lowest BCUT2D eigenvalue weighted by molar-refractivity contribution is 0.0831. The van der Waals surface area contributed by atoms with Crippen molar-refractivity contribution in [3.05, 3.63) is 29.6 Å². The van der Waals surface area contributed by atoms with E-state index in [1.807, 2.05) is 0 Å². The molecule has 0 bridgehead atoms. The van der Waals surface area contributed by atoms with Crippen LogP contribution in [0.3, 0.4) is 0 Å². The number of aromatic nitrogens is 2. The van der Waals surface area contributed by atoms with Crippen LogP contribution in [0.4, 0.5) is 0 Å². The second-order valence-corrected chi connectivity index (χ2v) is 4.86. The summed E-state index contributed by atoms with van der Waals surface area (Å²) in [4.78, 5) is 4.84. The van der Waals surface area contributed by atoms with Gasteiger partial charge >= 0.3 is 0 Å². The Morgan fingerprint density at radius 2 is 2.06 bits per heavy atom. The van der Waals surface area contributed by atoms with Crippen LogP contribution in [0.2, 0.25) is 0 Å². The van der Waals surface area contributed by atoms with E-state index in [4.69, 9.17) is 9.72 Å². The van der Waals surface area contributed by atoms with Gasteiger partial charge in [0.15, 0.2) is 0 Å². The topological polar surface area (TPSA) is 27.1 Å². The molecule has 3 heteroatoms. The molecule has 0 spiro atoms. The van der Waals surface area contributed by atoms with Gasteiger partial charge < -0.3 is 9.30 Å². The summed E-state index contributed by atoms with van der Waals surface area (Å²) >= 11 is 0. The number of rotatable bonds is 1. The Labute approximate surface area is 101 Å². The largest absolute Gasteiger partial charge is 0.381 e. The van der Waals surface area contributed by atoms with Crippen molar-refractivity contribution in [2.75, 3.05) is 13.2 Å². The molecule has 2 heterocycles. The summed E-state index contributed by atoms with van der Waals surface area (Å²) in [5.41, 5.74) is 3.65. The molecule has 0 amide bonds. The van der Waals surface area contributed by atoms with E-state index >= 15 is 0 Å². The van der Waals surface area contributed by atoms with E-state index in [2.05, 4.69) is 36.7 Å². The first kappa shape index (κ1) is 10.8. The monoisotopic (exact) mass is 230 g/mol. The minimum Gasteiger partial charge on any atom is -0.381 e. The average Bonchev–Trinajstić information content (AvgIpc) is 2.70. The van der Waals surface area contributed by atoms with Gasteiger partial charge in [0.05, 0.1) is 11.0 Å². The molecule has 1 aromatic heterocycles. The fourth-order valence-corrected chi connectivity index (χ4v) is 2.69. The number of nitrogens with zero attached hydrogens (tertiary/aromatic N) is 2. The Morgan fingerprint density at radius 3 is 2.76 bits per heavy atom. The Kier molecular flexibility index (Phi) is 2.63. The molecule has 0 saturated carbocycles. The number of imidazole rings is 1. The van der Waals surface area contributed by atoms with Gasteiger partial charge in [-0.05, 0) is 31.4 Å². The Morgan fingerprint density at radius 1 is 1.29 bits per heavy atom. The summed E-state index contributed by atoms with van der Waals surface area (Å²) in [5, 5.41) is 0. The van der Waals surface area contributed by atoms with Gasteiger partial charge in [-0.1, -0.05) is 12.1 Å². The summed E-state index contributed by atoms with van der Waals surface area (Å²) in [7, 11) is 2.12. The van der Waals surface area contributed by atoms with E-state index in [9.17, 15) is 0 Å². The molecule has 0 aliphatic carbocycles. The molecule has 2 aromatic rings. The van der Waals surface area contributed by atoms with Crippen molar-refractivity contribution in [1.82, 2.24) is 9.55 Å². The van der Waals surface area contributed by atoms with E-state index in [0.717, 1.165) is 31.6 Å². The zero-order valence-electron chi connectivity index (χ0n) is 10.4. The Balaban J connectivity index is 2.10. The van der Waals surface area contributed by atoms with Gasteiger partial charge in [0, 0.05) is 26.2 Å². The van der Waals surface area contributed by atoms with E-state index in [-0.39, 0.29) is 0 Å². The number of benzene rings is 1. The molecule has 1 aliphatic heterocycles. The zero-order valence-corrected chi connectivity index (χ0v) is 10.4. The minimum atomic E-state index is 0.556. The van der Waals surface area contributed by atoms with Crippen molar-refractivity contribution < 1.29 is 4.74 Å². The molecule has 1 aromatic carbocycles. The van der Waals surface area contributed by atoms with Gasteiger partial charge in [-0.25, -0.2) is 4.98 Å². The van der Waals surface area contributed by atoms with Crippen LogP contribution in [0, 0.1) is 6.92 Å². The fraction of sp³-hybridized carbons (Fsp3) is 0.500. The van der Waals surface area contributed by atoms with Crippen molar-refractivity contribution in [3.8, 4) is 0 Å². The number of hydrogen-bond donors (Lipinski definition) is 0. The molecule has 0 atom stereocenters. The van der Waals surface area contributed by atoms with Crippen LogP contribution in [0.25, 0.3) is 11.0 Å². The van der Waals surface area contributed by atoms with Crippen molar-refractivity contribution in [2.45, 2.75) is 25.7 Å². The molecule has 1 saturated heterocycles. The van der Waals surface area contributed by atoms with Crippen molar-refractivity contribution in [3.63, 3.8) is 0 Å². The van der Waals surface area contributed by atoms with Crippen molar-refractivity contribution in [2.24, 2.45) is 7.05 Å². The molecule has 1 fully saturated rings. The quantitative estimate of drug-likeness (QED) is 0.753. The number of hydrogen-bond acceptors (Lipinski definition) is 2. The molecule has 3 nitrogen and oxygen atoms in total. The zero-order chi connectivity index (χ0) is 11.8. The highest BCUT2D eigenvalue weighted by Gasteiger charge is 2.21. The van der Waals surface area contributed by atoms with Crippen LogP contribution in [0.1, 0.15) is 30.1 Å². The third kappa shape index (κ3) is 1.75. The van der Waals surface area contributed by atoms with E-state index in [0.29, 0.717) is 5.92 Å². The molecular weight excluding hydrogens is 212 g/mol. The lowest BCUT2D eigenvalue weighted by Crippen LogP contribution is -2.17. The molecule has 3 rings (SSSR count). The number of ether oxygens (including phenoxy) is 1. The lowest BCUT2D eigenvalue weighted by atomic mass is 9.99. The van der Waals surface area contributed by atoms with Crippen LogP contribution < -0.4 is 0 Å². The SMILES string of the molecule is Cc1cccc2c1nc(C1CCOCC1)n2C. The maximum Gasteiger partial charge on any atom is 0.112 e. The standard InChI is InChI=1S/C14H18N2O/c1-10-4-3-5-12-13(10)15-14(16(12)2)11-6-8-17-9-7-11/h3-5,11H,6-9H2,1-2H3. The molecule has 0 N–H and O–H groups in total. The van der Waals surface area contributed by atoms with Gasteiger partial charge in [0.1, 0.15) is 5.82 Å². The number of fused-ring (bicyclic) bond motifs is 1. The second-order valence-electron chi connectivity index (χ2n) is 4.86. The normalized spacial score (nSPS) is 17.8. The van der Waals surface area contributed by atoms with Crippen molar-refractivity contribution in [1.29, 1.82) is 0 Å². The summed E-state index contributed by atoms with van der Waals surface area (Å²) in [6.45, 7) is 3.86. The Bertz CT molecular complexity index is 538. The second kappa shape index (κ2) is 4.15. The molecule has 1 aliphatic rings. The summed E-state index contributed by atoms with van der Waals surface area (Å²) in [5.74, 6) is 1.78. The molecule has 0 radical (unpaired) electrons. The van der Waals surface area contributed by atoms with Gasteiger partial charge in [0.2, 0.25) is 0 Å². The van der Waals surface area contributed by atoms with Crippen LogP contribution >= 0.6 is 0 Å². The molecule has 90 valence electrons. The third-order valence-corrected chi connectivity index (χ3v) is 3.73. The van der Waals surface area contributed by atoms with Crippen LogP contribution in [-0.2, 0) is 11.8 Å². The van der Waals surface area contributed by atoms with Gasteiger partial charge in [-0.3, -0.25) is 0 Å². The molecule has 0 unspecified atom stereocenters. The smallest absolute Gasteiger partial charge is 0.112 e. The van der Waals surface area contributed by atoms with Crippen LogP contribution in [-0.4, -0.2) is 22.8 Å². The van der Waals surface area contributed by atoms with Gasteiger partial charge in [0.25, 0.3) is 0 Å². The molecular formula is C14H18N2O. The first-order chi connectivity index (χ1) is 8.27. The molecule has 17 heavy (non-hydrogen) atoms. The average molecular weight is 230 g/mol. The lowest BCUT2D eigenvalue weighted by Gasteiger charge is -2.21. The van der Waals surface area contributed by atoms with Crippen LogP contribution in [0.5, 0.6) is 0 Å². The first-order valence-electron chi connectivity index (χ1n) is 6.27. The first-order valence-corrected chi connectivity index (χ1v) is 6.27. The van der Waals surface area contributed by atoms with E-state index in [1.54, 1.807) is 0 Å². The minimum absolute atomic E-state index is 0.556. The number of para-hydroxylation sites is 1. The highest BCUT2D eigenvalue weighted by molar-refractivity contribution is 5.79. The van der Waals surface area contributed by atoms with E-state index < -0.39 is 0 Å². The predicted octanol–water partition coefficient (Wildman–Crippen LogP) is 2.78. The summed E-state index contributed by atoms with van der Waals surface area (Å²) in [6, 6.07) is 6.38. The third-order valence-electron chi connectivity index (χ3n) is 3.73. The maximum atomic E-state index is 5.42.